The van der Waals surface area contributed by atoms with Crippen LogP contribution >= 0.6 is 11.8 Å². The summed E-state index contributed by atoms with van der Waals surface area (Å²) in [5.74, 6) is 3.87. The summed E-state index contributed by atoms with van der Waals surface area (Å²) < 4.78 is 5.37. The number of nitrogens with one attached hydrogen (secondary N) is 2. The largest absolute Gasteiger partial charge is 0.490 e. The van der Waals surface area contributed by atoms with Gasteiger partial charge in [-0.05, 0) is 24.9 Å². The maximum Gasteiger partial charge on any atom is 0.204 e. The van der Waals surface area contributed by atoms with Crippen LogP contribution in [0.4, 0.5) is 11.6 Å². The van der Waals surface area contributed by atoms with Crippen molar-refractivity contribution in [3.8, 4) is 5.75 Å². The van der Waals surface area contributed by atoms with Gasteiger partial charge >= 0.3 is 0 Å². The van der Waals surface area contributed by atoms with E-state index in [1.165, 1.54) is 0 Å². The van der Waals surface area contributed by atoms with Crippen molar-refractivity contribution in [3.05, 3.63) is 6.33 Å². The van der Waals surface area contributed by atoms with E-state index >= 15 is 0 Å². The second-order valence-corrected chi connectivity index (χ2v) is 4.99. The van der Waals surface area contributed by atoms with Crippen LogP contribution in [0.1, 0.15) is 13.8 Å². The normalized spacial score (nSPS) is 12.0. The van der Waals surface area contributed by atoms with Crippen LogP contribution in [0.3, 0.4) is 0 Å². The number of thioether (sulfide) groups is 1. The number of methoxy groups -OCH3 is 1. The van der Waals surface area contributed by atoms with Crippen molar-refractivity contribution in [2.45, 2.75) is 13.8 Å². The van der Waals surface area contributed by atoms with E-state index in [1.807, 2.05) is 18.7 Å². The van der Waals surface area contributed by atoms with Gasteiger partial charge in [0.15, 0.2) is 11.6 Å². The molecule has 1 aromatic rings. The van der Waals surface area contributed by atoms with E-state index in [2.05, 4.69) is 33.8 Å². The lowest BCUT2D eigenvalue weighted by molar-refractivity contribution is 0.414. The van der Waals surface area contributed by atoms with E-state index in [4.69, 9.17) is 4.74 Å². The molecule has 0 aromatic carbocycles. The first-order valence-corrected chi connectivity index (χ1v) is 7.47. The predicted octanol–water partition coefficient (Wildman–Crippen LogP) is 2.33. The standard InChI is InChI=1S/C12H22N4OS/c1-5-13-11-10(17-3)12(16-8-15-11)14-6-9(2)7-18-4/h8-9H,5-7H2,1-4H3,(H2,13,14,15,16). The molecule has 2 N–H and O–H groups in total. The molecule has 0 aliphatic carbocycles. The van der Waals surface area contributed by atoms with Crippen molar-refractivity contribution >= 4 is 23.4 Å². The van der Waals surface area contributed by atoms with Crippen LogP contribution in [0.5, 0.6) is 5.75 Å². The van der Waals surface area contributed by atoms with Gasteiger partial charge in [0.25, 0.3) is 0 Å². The number of ether oxygens (including phenoxy) is 1. The van der Waals surface area contributed by atoms with Gasteiger partial charge in [-0.25, -0.2) is 9.97 Å². The zero-order chi connectivity index (χ0) is 13.4. The molecule has 5 nitrogen and oxygen atoms in total. The van der Waals surface area contributed by atoms with Gasteiger partial charge < -0.3 is 15.4 Å². The Morgan fingerprint density at radius 1 is 1.33 bits per heavy atom. The van der Waals surface area contributed by atoms with Gasteiger partial charge in [-0.1, -0.05) is 6.92 Å². The Bertz CT molecular complexity index is 362. The summed E-state index contributed by atoms with van der Waals surface area (Å²) in [4.78, 5) is 8.40. The topological polar surface area (TPSA) is 59.1 Å². The minimum absolute atomic E-state index is 0.585. The SMILES string of the molecule is CCNc1ncnc(NCC(C)CSC)c1OC. The Morgan fingerprint density at radius 2 is 2.00 bits per heavy atom. The highest BCUT2D eigenvalue weighted by atomic mass is 32.2. The smallest absolute Gasteiger partial charge is 0.204 e. The molecule has 1 aromatic heterocycles. The molecule has 0 fully saturated rings. The monoisotopic (exact) mass is 270 g/mol. The number of aromatic nitrogens is 2. The molecule has 1 atom stereocenters. The Hall–Kier alpha value is -1.17. The molecule has 1 rings (SSSR count). The molecule has 0 saturated heterocycles. The van der Waals surface area contributed by atoms with E-state index in [0.29, 0.717) is 11.7 Å². The lowest BCUT2D eigenvalue weighted by Crippen LogP contribution is -2.15. The number of hydrogen-bond acceptors (Lipinski definition) is 6. The van der Waals surface area contributed by atoms with E-state index in [-0.39, 0.29) is 0 Å². The summed E-state index contributed by atoms with van der Waals surface area (Å²) in [7, 11) is 1.63. The summed E-state index contributed by atoms with van der Waals surface area (Å²) in [6.07, 6.45) is 3.66. The molecular weight excluding hydrogens is 248 g/mol. The number of rotatable bonds is 8. The second-order valence-electron chi connectivity index (χ2n) is 4.08. The maximum atomic E-state index is 5.37. The van der Waals surface area contributed by atoms with Gasteiger partial charge in [0.2, 0.25) is 5.75 Å². The van der Waals surface area contributed by atoms with Crippen molar-refractivity contribution in [3.63, 3.8) is 0 Å². The molecule has 102 valence electrons. The van der Waals surface area contributed by atoms with E-state index < -0.39 is 0 Å². The highest BCUT2D eigenvalue weighted by Gasteiger charge is 2.12. The average Bonchev–Trinajstić information content (AvgIpc) is 2.37. The third-order valence-corrected chi connectivity index (χ3v) is 3.32. The zero-order valence-electron chi connectivity index (χ0n) is 11.5. The summed E-state index contributed by atoms with van der Waals surface area (Å²) in [5, 5.41) is 6.48. The van der Waals surface area contributed by atoms with Gasteiger partial charge in [0, 0.05) is 13.1 Å². The zero-order valence-corrected chi connectivity index (χ0v) is 12.3. The van der Waals surface area contributed by atoms with Crippen LogP contribution in [0.15, 0.2) is 6.33 Å². The van der Waals surface area contributed by atoms with Crippen LogP contribution in [-0.2, 0) is 0 Å². The van der Waals surface area contributed by atoms with Gasteiger partial charge in [0.05, 0.1) is 7.11 Å². The Kier molecular flexibility index (Phi) is 6.64. The first-order chi connectivity index (χ1) is 8.72. The Balaban J connectivity index is 2.72. The van der Waals surface area contributed by atoms with Crippen molar-refractivity contribution < 1.29 is 4.74 Å². The Labute approximate surface area is 113 Å². The van der Waals surface area contributed by atoms with Crippen LogP contribution in [0.25, 0.3) is 0 Å². The number of nitrogens with zero attached hydrogens (tertiary/aromatic N) is 2. The Morgan fingerprint density at radius 3 is 2.56 bits per heavy atom. The maximum absolute atomic E-state index is 5.37. The van der Waals surface area contributed by atoms with E-state index in [9.17, 15) is 0 Å². The molecule has 18 heavy (non-hydrogen) atoms. The molecule has 1 unspecified atom stereocenters. The first-order valence-electron chi connectivity index (χ1n) is 6.08. The van der Waals surface area contributed by atoms with Gasteiger partial charge in [-0.2, -0.15) is 11.8 Å². The fourth-order valence-corrected chi connectivity index (χ4v) is 2.29. The highest BCUT2D eigenvalue weighted by molar-refractivity contribution is 7.98. The molecule has 0 aliphatic heterocycles. The number of anilines is 2. The average molecular weight is 270 g/mol. The molecule has 0 saturated carbocycles. The third kappa shape index (κ3) is 4.25. The van der Waals surface area contributed by atoms with E-state index in [1.54, 1.807) is 13.4 Å². The molecule has 0 amide bonds. The molecule has 0 aliphatic rings. The predicted molar refractivity (Wildman–Crippen MR) is 78.8 cm³/mol. The third-order valence-electron chi connectivity index (χ3n) is 2.42. The van der Waals surface area contributed by atoms with Gasteiger partial charge in [-0.3, -0.25) is 0 Å². The highest BCUT2D eigenvalue weighted by Crippen LogP contribution is 2.28. The molecular formula is C12H22N4OS. The van der Waals surface area contributed by atoms with E-state index in [0.717, 1.165) is 30.5 Å². The minimum atomic E-state index is 0.585. The first kappa shape index (κ1) is 14.9. The molecule has 6 heteroatoms. The summed E-state index contributed by atoms with van der Waals surface area (Å²) in [6.45, 7) is 5.91. The van der Waals surface area contributed by atoms with Crippen LogP contribution in [-0.4, -0.2) is 42.2 Å². The number of hydrogen-bond donors (Lipinski definition) is 2. The van der Waals surface area contributed by atoms with Crippen molar-refractivity contribution in [1.82, 2.24) is 9.97 Å². The van der Waals surface area contributed by atoms with Gasteiger partial charge in [-0.15, -0.1) is 0 Å². The summed E-state index contributed by atoms with van der Waals surface area (Å²) >= 11 is 1.85. The minimum Gasteiger partial charge on any atom is -0.490 e. The molecule has 1 heterocycles. The van der Waals surface area contributed by atoms with Crippen LogP contribution in [0, 0.1) is 5.92 Å². The second kappa shape index (κ2) is 8.02. The van der Waals surface area contributed by atoms with Crippen molar-refractivity contribution in [2.75, 3.05) is 42.8 Å². The fourth-order valence-electron chi connectivity index (χ4n) is 1.60. The van der Waals surface area contributed by atoms with Crippen molar-refractivity contribution in [1.29, 1.82) is 0 Å². The quantitative estimate of drug-likeness (QED) is 0.756. The van der Waals surface area contributed by atoms with Crippen LogP contribution in [0.2, 0.25) is 0 Å². The van der Waals surface area contributed by atoms with Crippen LogP contribution < -0.4 is 15.4 Å². The lowest BCUT2D eigenvalue weighted by Gasteiger charge is -2.15. The molecule has 0 bridgehead atoms. The fraction of sp³-hybridized carbons (Fsp3) is 0.667. The summed E-state index contributed by atoms with van der Waals surface area (Å²) in [5.41, 5.74) is 0. The summed E-state index contributed by atoms with van der Waals surface area (Å²) in [6, 6.07) is 0. The molecule has 0 spiro atoms. The molecule has 0 radical (unpaired) electrons. The van der Waals surface area contributed by atoms with Gasteiger partial charge in [0.1, 0.15) is 6.33 Å². The lowest BCUT2D eigenvalue weighted by atomic mass is 10.2. The van der Waals surface area contributed by atoms with Crippen molar-refractivity contribution in [2.24, 2.45) is 5.92 Å².